The summed E-state index contributed by atoms with van der Waals surface area (Å²) in [5.41, 5.74) is 6.05. The molecular formula is C12H16N4O3. The van der Waals surface area contributed by atoms with Crippen molar-refractivity contribution in [3.05, 3.63) is 27.9 Å². The van der Waals surface area contributed by atoms with Gasteiger partial charge in [0.05, 0.1) is 10.8 Å². The zero-order valence-electron chi connectivity index (χ0n) is 10.7. The summed E-state index contributed by atoms with van der Waals surface area (Å²) < 4.78 is 0. The lowest BCUT2D eigenvalue weighted by molar-refractivity contribution is -0.385. The Hall–Kier alpha value is -2.18. The number of hydrogen-bond acceptors (Lipinski definition) is 5. The molecule has 1 fully saturated rings. The van der Waals surface area contributed by atoms with Crippen molar-refractivity contribution in [1.82, 2.24) is 4.98 Å². The van der Waals surface area contributed by atoms with Crippen molar-refractivity contribution >= 4 is 17.4 Å². The molecule has 2 heterocycles. The number of primary amides is 1. The summed E-state index contributed by atoms with van der Waals surface area (Å²) >= 11 is 0. The first kappa shape index (κ1) is 13.3. The molecule has 1 amide bonds. The second-order valence-electron chi connectivity index (χ2n) is 4.78. The van der Waals surface area contributed by atoms with Crippen molar-refractivity contribution in [3.8, 4) is 0 Å². The molecule has 7 heteroatoms. The van der Waals surface area contributed by atoms with E-state index >= 15 is 0 Å². The first-order valence-corrected chi connectivity index (χ1v) is 6.14. The Bertz CT molecular complexity index is 518. The molecule has 102 valence electrons. The highest BCUT2D eigenvalue weighted by atomic mass is 16.6. The quantitative estimate of drug-likeness (QED) is 0.648. The van der Waals surface area contributed by atoms with Crippen molar-refractivity contribution < 1.29 is 9.72 Å². The van der Waals surface area contributed by atoms with Crippen molar-refractivity contribution in [2.45, 2.75) is 19.8 Å². The molecule has 2 N–H and O–H groups in total. The number of carbonyl (C=O) groups is 1. The van der Waals surface area contributed by atoms with Crippen LogP contribution >= 0.6 is 0 Å². The molecular weight excluding hydrogens is 248 g/mol. The van der Waals surface area contributed by atoms with E-state index in [1.165, 1.54) is 12.3 Å². The third kappa shape index (κ3) is 2.81. The van der Waals surface area contributed by atoms with Gasteiger partial charge in [0.2, 0.25) is 5.91 Å². The van der Waals surface area contributed by atoms with Crippen molar-refractivity contribution in [3.63, 3.8) is 0 Å². The number of pyridine rings is 1. The van der Waals surface area contributed by atoms with Crippen LogP contribution in [-0.2, 0) is 4.79 Å². The van der Waals surface area contributed by atoms with Crippen LogP contribution in [0.5, 0.6) is 0 Å². The van der Waals surface area contributed by atoms with Crippen LogP contribution in [-0.4, -0.2) is 28.9 Å². The molecule has 0 bridgehead atoms. The van der Waals surface area contributed by atoms with Crippen LogP contribution in [0.3, 0.4) is 0 Å². The zero-order chi connectivity index (χ0) is 14.0. The summed E-state index contributed by atoms with van der Waals surface area (Å²) in [5.74, 6) is 0.214. The molecule has 1 aliphatic heterocycles. The molecule has 19 heavy (non-hydrogen) atoms. The minimum absolute atomic E-state index is 0.0234. The first-order valence-electron chi connectivity index (χ1n) is 6.14. The maximum atomic E-state index is 11.2. The third-order valence-corrected chi connectivity index (χ3v) is 3.37. The predicted molar refractivity (Wildman–Crippen MR) is 69.8 cm³/mol. The fraction of sp³-hybridized carbons (Fsp3) is 0.500. The standard InChI is InChI=1S/C12H16N4O3/c1-8-5-10(16(18)19)6-14-12(8)15-4-2-3-9(7-15)11(13)17/h5-6,9H,2-4,7H2,1H3,(H2,13,17). The second kappa shape index (κ2) is 5.21. The van der Waals surface area contributed by atoms with Crippen LogP contribution in [0.15, 0.2) is 12.3 Å². The van der Waals surface area contributed by atoms with Crippen LogP contribution in [0.2, 0.25) is 0 Å². The highest BCUT2D eigenvalue weighted by Gasteiger charge is 2.26. The molecule has 0 spiro atoms. The fourth-order valence-corrected chi connectivity index (χ4v) is 2.39. The molecule has 1 aliphatic rings. The maximum absolute atomic E-state index is 11.2. The number of carbonyl (C=O) groups excluding carboxylic acids is 1. The Morgan fingerprint density at radius 1 is 1.63 bits per heavy atom. The maximum Gasteiger partial charge on any atom is 0.287 e. The third-order valence-electron chi connectivity index (χ3n) is 3.37. The van der Waals surface area contributed by atoms with E-state index < -0.39 is 4.92 Å². The SMILES string of the molecule is Cc1cc([N+](=O)[O-])cnc1N1CCCC(C(N)=O)C1. The summed E-state index contributed by atoms with van der Waals surface area (Å²) in [7, 11) is 0. The smallest absolute Gasteiger partial charge is 0.287 e. The Labute approximate surface area is 110 Å². The van der Waals surface area contributed by atoms with E-state index in [1.807, 2.05) is 4.90 Å². The molecule has 7 nitrogen and oxygen atoms in total. The van der Waals surface area contributed by atoms with Gasteiger partial charge in [-0.2, -0.15) is 0 Å². The zero-order valence-corrected chi connectivity index (χ0v) is 10.7. The average molecular weight is 264 g/mol. The van der Waals surface area contributed by atoms with Gasteiger partial charge in [-0.05, 0) is 25.3 Å². The highest BCUT2D eigenvalue weighted by Crippen LogP contribution is 2.26. The van der Waals surface area contributed by atoms with Gasteiger partial charge in [0, 0.05) is 19.2 Å². The number of nitrogens with two attached hydrogens (primary N) is 1. The normalized spacial score (nSPS) is 19.2. The minimum atomic E-state index is -0.466. The van der Waals surface area contributed by atoms with Crippen LogP contribution in [0, 0.1) is 23.0 Å². The van der Waals surface area contributed by atoms with Gasteiger partial charge >= 0.3 is 0 Å². The van der Waals surface area contributed by atoms with Crippen molar-refractivity contribution in [1.29, 1.82) is 0 Å². The average Bonchev–Trinajstić information content (AvgIpc) is 2.38. The van der Waals surface area contributed by atoms with Gasteiger partial charge in [-0.25, -0.2) is 4.98 Å². The molecule has 1 atom stereocenters. The van der Waals surface area contributed by atoms with Gasteiger partial charge in [0.1, 0.15) is 12.0 Å². The summed E-state index contributed by atoms with van der Waals surface area (Å²) in [6.45, 7) is 3.10. The van der Waals surface area contributed by atoms with Crippen LogP contribution in [0.25, 0.3) is 0 Å². The van der Waals surface area contributed by atoms with Crippen LogP contribution in [0.4, 0.5) is 11.5 Å². The van der Waals surface area contributed by atoms with Gasteiger partial charge < -0.3 is 10.6 Å². The van der Waals surface area contributed by atoms with E-state index in [0.717, 1.165) is 24.9 Å². The molecule has 1 aromatic rings. The number of nitro groups is 1. The largest absolute Gasteiger partial charge is 0.369 e. The molecule has 0 radical (unpaired) electrons. The topological polar surface area (TPSA) is 102 Å². The van der Waals surface area contributed by atoms with Gasteiger partial charge in [-0.3, -0.25) is 14.9 Å². The van der Waals surface area contributed by atoms with Gasteiger partial charge in [0.15, 0.2) is 0 Å². The summed E-state index contributed by atoms with van der Waals surface area (Å²) in [6.07, 6.45) is 2.90. The lowest BCUT2D eigenvalue weighted by atomic mass is 9.97. The fourth-order valence-electron chi connectivity index (χ4n) is 2.39. The van der Waals surface area contributed by atoms with E-state index in [4.69, 9.17) is 5.73 Å². The summed E-state index contributed by atoms with van der Waals surface area (Å²) in [5, 5.41) is 10.7. The molecule has 1 unspecified atom stereocenters. The van der Waals surface area contributed by atoms with Gasteiger partial charge in [-0.15, -0.1) is 0 Å². The first-order chi connectivity index (χ1) is 8.99. The number of rotatable bonds is 3. The molecule has 0 aliphatic carbocycles. The molecule has 0 saturated carbocycles. The van der Waals surface area contributed by atoms with Crippen LogP contribution in [0.1, 0.15) is 18.4 Å². The Morgan fingerprint density at radius 2 is 2.37 bits per heavy atom. The number of aryl methyl sites for hydroxylation is 1. The summed E-state index contributed by atoms with van der Waals surface area (Å²) in [6, 6.07) is 1.50. The number of amides is 1. The monoisotopic (exact) mass is 264 g/mol. The van der Waals surface area contributed by atoms with Crippen LogP contribution < -0.4 is 10.6 Å². The highest BCUT2D eigenvalue weighted by molar-refractivity contribution is 5.77. The van der Waals surface area contributed by atoms with Crippen molar-refractivity contribution in [2.24, 2.45) is 11.7 Å². The van der Waals surface area contributed by atoms with E-state index in [1.54, 1.807) is 6.92 Å². The lowest BCUT2D eigenvalue weighted by Gasteiger charge is -2.32. The second-order valence-corrected chi connectivity index (χ2v) is 4.78. The summed E-state index contributed by atoms with van der Waals surface area (Å²) in [4.78, 5) is 27.6. The van der Waals surface area contributed by atoms with E-state index in [2.05, 4.69) is 4.98 Å². The Morgan fingerprint density at radius 3 is 2.95 bits per heavy atom. The molecule has 2 rings (SSSR count). The minimum Gasteiger partial charge on any atom is -0.369 e. The number of anilines is 1. The number of aromatic nitrogens is 1. The molecule has 1 aromatic heterocycles. The van der Waals surface area contributed by atoms with E-state index in [0.29, 0.717) is 12.4 Å². The predicted octanol–water partition coefficient (Wildman–Crippen LogP) is 1.000. The number of hydrogen-bond donors (Lipinski definition) is 1. The van der Waals surface area contributed by atoms with Crippen molar-refractivity contribution in [2.75, 3.05) is 18.0 Å². The van der Waals surface area contributed by atoms with E-state index in [9.17, 15) is 14.9 Å². The van der Waals surface area contributed by atoms with Gasteiger partial charge in [-0.1, -0.05) is 0 Å². The lowest BCUT2D eigenvalue weighted by Crippen LogP contribution is -2.41. The van der Waals surface area contributed by atoms with Gasteiger partial charge in [0.25, 0.3) is 5.69 Å². The number of nitrogens with zero attached hydrogens (tertiary/aromatic N) is 3. The Balaban J connectivity index is 2.22. The molecule has 0 aromatic carbocycles. The Kier molecular flexibility index (Phi) is 3.64. The van der Waals surface area contributed by atoms with E-state index in [-0.39, 0.29) is 17.5 Å². The molecule has 1 saturated heterocycles. The number of piperidine rings is 1.